The second-order valence-corrected chi connectivity index (χ2v) is 1.05. The van der Waals surface area contributed by atoms with Gasteiger partial charge in [0.05, 0.1) is 0 Å². The third-order valence-electron chi connectivity index (χ3n) is 0.493. The molecule has 0 spiro atoms. The van der Waals surface area contributed by atoms with E-state index >= 15 is 0 Å². The van der Waals surface area contributed by atoms with Gasteiger partial charge in [-0.1, -0.05) is 0 Å². The van der Waals surface area contributed by atoms with Gasteiger partial charge in [-0.2, -0.15) is 6.92 Å². The van der Waals surface area contributed by atoms with E-state index in [0.717, 1.165) is 12.8 Å². The maximum atomic E-state index is 3.64. The van der Waals surface area contributed by atoms with Crippen LogP contribution in [0.2, 0.25) is 0 Å². The maximum Gasteiger partial charge on any atom is 3.00 e. The molecule has 0 aromatic heterocycles. The molecule has 0 amide bonds. The summed E-state index contributed by atoms with van der Waals surface area (Å²) in [5.74, 6) is 0. The first-order valence-corrected chi connectivity index (χ1v) is 1.99. The minimum Gasteiger partial charge on any atom is -0.358 e. The number of rotatable bonds is 2. The van der Waals surface area contributed by atoms with Gasteiger partial charge in [0.1, 0.15) is 0 Å². The largest absolute Gasteiger partial charge is 3.00 e. The normalized spacial score (nSPS) is 6.00. The second-order valence-electron chi connectivity index (χ2n) is 1.05. The van der Waals surface area contributed by atoms with Crippen LogP contribution in [0.5, 0.6) is 0 Å². The first-order chi connectivity index (χ1) is 2.41. The Morgan fingerprint density at radius 3 is 2.00 bits per heavy atom. The van der Waals surface area contributed by atoms with Crippen molar-refractivity contribution < 1.29 is 32.7 Å². The smallest absolute Gasteiger partial charge is 0.358 e. The van der Waals surface area contributed by atoms with Crippen molar-refractivity contribution >= 4 is 0 Å². The zero-order valence-electron chi connectivity index (χ0n) is 5.28. The Bertz CT molecular complexity index is 11.7. The van der Waals surface area contributed by atoms with Crippen molar-refractivity contribution in [2.45, 2.75) is 19.8 Å². The molecule has 40 valence electrons. The van der Waals surface area contributed by atoms with Gasteiger partial charge in [-0.15, -0.1) is 0 Å². The fourth-order valence-electron chi connectivity index (χ4n) is 0.204. The summed E-state index contributed by atoms with van der Waals surface area (Å²) in [7, 11) is 0. The van der Waals surface area contributed by atoms with Crippen LogP contribution in [0.1, 0.15) is 19.8 Å². The summed E-state index contributed by atoms with van der Waals surface area (Å²) in [6, 6.07) is 0. The molecule has 0 aliphatic carbocycles. The molecule has 0 bridgehead atoms. The average Bonchev–Trinajstić information content (AvgIpc) is 1.41. The van der Waals surface area contributed by atoms with Crippen molar-refractivity contribution in [1.82, 2.24) is 0 Å². The average molecular weight is 174 g/mol. The van der Waals surface area contributed by atoms with Crippen molar-refractivity contribution in [2.24, 2.45) is 0 Å². The molecule has 0 aliphatic rings. The standard InChI is InChI=1S/C5H10.CH3.Y/c1-3-5-4-2;;/h4H,1,3,5H2,2H3;1H3;/q-2;-1;+3. The molecule has 0 N–H and O–H groups in total. The Morgan fingerprint density at radius 2 is 2.00 bits per heavy atom. The van der Waals surface area contributed by atoms with Crippen LogP contribution in [0.4, 0.5) is 0 Å². The molecule has 0 aromatic carbocycles. The minimum atomic E-state index is 0. The Hall–Kier alpha value is 1.10. The summed E-state index contributed by atoms with van der Waals surface area (Å²) in [5, 5.41) is 0. The van der Waals surface area contributed by atoms with Crippen LogP contribution in [-0.4, -0.2) is 0 Å². The molecule has 0 fully saturated rings. The number of hydrogen-bond acceptors (Lipinski definition) is 0. The summed E-state index contributed by atoms with van der Waals surface area (Å²) >= 11 is 0. The summed E-state index contributed by atoms with van der Waals surface area (Å²) in [6.07, 6.45) is 4.31. The van der Waals surface area contributed by atoms with Gasteiger partial charge < -0.3 is 20.8 Å². The zero-order valence-corrected chi connectivity index (χ0v) is 8.11. The predicted molar refractivity (Wildman–Crippen MR) is 31.0 cm³/mol. The van der Waals surface area contributed by atoms with E-state index in [1.54, 1.807) is 0 Å². The van der Waals surface area contributed by atoms with Crippen LogP contribution in [-0.2, 0) is 32.7 Å². The molecule has 1 heteroatoms. The van der Waals surface area contributed by atoms with E-state index < -0.39 is 0 Å². The molecule has 0 rings (SSSR count). The van der Waals surface area contributed by atoms with Gasteiger partial charge in [0.2, 0.25) is 0 Å². The minimum absolute atomic E-state index is 0. The predicted octanol–water partition coefficient (Wildman–Crippen LogP) is 2.27. The van der Waals surface area contributed by atoms with E-state index in [-0.39, 0.29) is 40.1 Å². The van der Waals surface area contributed by atoms with E-state index in [1.807, 2.05) is 6.92 Å². The maximum absolute atomic E-state index is 3.64. The van der Waals surface area contributed by atoms with Gasteiger partial charge in [-0.3, -0.25) is 0 Å². The number of unbranched alkanes of at least 4 members (excludes halogenated alkanes) is 2. The van der Waals surface area contributed by atoms with Crippen molar-refractivity contribution in [3.63, 3.8) is 0 Å². The molecule has 0 radical (unpaired) electrons. The summed E-state index contributed by atoms with van der Waals surface area (Å²) in [5.41, 5.74) is 0. The summed E-state index contributed by atoms with van der Waals surface area (Å²) in [4.78, 5) is 0. The van der Waals surface area contributed by atoms with Crippen molar-refractivity contribution in [3.05, 3.63) is 20.8 Å². The molecule has 0 aromatic rings. The van der Waals surface area contributed by atoms with Crippen LogP contribution in [0.3, 0.4) is 0 Å². The van der Waals surface area contributed by atoms with E-state index in [9.17, 15) is 0 Å². The molecule has 0 heterocycles. The number of hydrogen-bond donors (Lipinski definition) is 0. The Balaban J connectivity index is -0.0000000800. The molecule has 0 unspecified atom stereocenters. The van der Waals surface area contributed by atoms with Crippen LogP contribution in [0.15, 0.2) is 0 Å². The Morgan fingerprint density at radius 1 is 1.57 bits per heavy atom. The zero-order chi connectivity index (χ0) is 4.12. The van der Waals surface area contributed by atoms with Crippen LogP contribution >= 0.6 is 0 Å². The van der Waals surface area contributed by atoms with E-state index in [1.165, 1.54) is 0 Å². The molecule has 7 heavy (non-hydrogen) atoms. The fourth-order valence-corrected chi connectivity index (χ4v) is 0.204. The molecular weight excluding hydrogens is 161 g/mol. The quantitative estimate of drug-likeness (QED) is 0.563. The first kappa shape index (κ1) is 15.7. The van der Waals surface area contributed by atoms with E-state index in [2.05, 4.69) is 13.3 Å². The summed E-state index contributed by atoms with van der Waals surface area (Å²) in [6.45, 7) is 5.69. The van der Waals surface area contributed by atoms with Gasteiger partial charge in [-0.25, -0.2) is 12.8 Å². The molecule has 0 nitrogen and oxygen atoms in total. The van der Waals surface area contributed by atoms with Gasteiger partial charge in [0.15, 0.2) is 0 Å². The molecule has 0 atom stereocenters. The van der Waals surface area contributed by atoms with Crippen LogP contribution in [0, 0.1) is 20.8 Å². The molecule has 0 aliphatic heterocycles. The molecular formula is C6H13Y. The molecule has 0 saturated carbocycles. The van der Waals surface area contributed by atoms with E-state index in [4.69, 9.17) is 0 Å². The third kappa shape index (κ3) is 19.2. The molecule has 0 saturated heterocycles. The third-order valence-corrected chi connectivity index (χ3v) is 0.493. The topological polar surface area (TPSA) is 0 Å². The van der Waals surface area contributed by atoms with Crippen LogP contribution in [0.25, 0.3) is 0 Å². The van der Waals surface area contributed by atoms with Crippen molar-refractivity contribution in [3.8, 4) is 0 Å². The van der Waals surface area contributed by atoms with Gasteiger partial charge >= 0.3 is 32.7 Å². The fraction of sp³-hybridized carbons (Fsp3) is 0.500. The monoisotopic (exact) mass is 174 g/mol. The van der Waals surface area contributed by atoms with Gasteiger partial charge in [-0.05, 0) is 0 Å². The van der Waals surface area contributed by atoms with Gasteiger partial charge in [0, 0.05) is 0 Å². The Labute approximate surface area is 73.0 Å². The van der Waals surface area contributed by atoms with E-state index in [0.29, 0.717) is 0 Å². The van der Waals surface area contributed by atoms with Gasteiger partial charge in [0.25, 0.3) is 0 Å². The van der Waals surface area contributed by atoms with Crippen LogP contribution < -0.4 is 0 Å². The van der Waals surface area contributed by atoms with Crippen molar-refractivity contribution in [2.75, 3.05) is 0 Å². The Kier molecular flexibility index (Phi) is 35.2. The van der Waals surface area contributed by atoms with Crippen molar-refractivity contribution in [1.29, 1.82) is 0 Å². The first-order valence-electron chi connectivity index (χ1n) is 1.99. The SMILES string of the molecule is [CH2-]CC[CH-]C.[CH3-].[Y+3]. The second kappa shape index (κ2) is 15.7. The summed E-state index contributed by atoms with van der Waals surface area (Å²) < 4.78 is 0.